The summed E-state index contributed by atoms with van der Waals surface area (Å²) in [5.74, 6) is 2.35. The fourth-order valence-electron chi connectivity index (χ4n) is 2.28. The molecule has 1 aliphatic heterocycles. The van der Waals surface area contributed by atoms with Gasteiger partial charge in [0, 0.05) is 29.5 Å². The highest BCUT2D eigenvalue weighted by Gasteiger charge is 2.13. The van der Waals surface area contributed by atoms with Crippen molar-refractivity contribution in [2.24, 2.45) is 0 Å². The first-order valence-corrected chi connectivity index (χ1v) is 7.30. The number of amides is 1. The molecule has 0 atom stereocenters. The number of benzene rings is 2. The lowest BCUT2D eigenvalue weighted by molar-refractivity contribution is -0.111. The zero-order chi connectivity index (χ0) is 16.9. The number of carbonyl (C=O) groups is 1. The second-order valence-electron chi connectivity index (χ2n) is 5.00. The molecule has 1 heterocycles. The van der Waals surface area contributed by atoms with Crippen molar-refractivity contribution in [2.75, 3.05) is 26.3 Å². The summed E-state index contributed by atoms with van der Waals surface area (Å²) in [6.45, 7) is 0.198. The van der Waals surface area contributed by atoms with E-state index in [0.29, 0.717) is 28.7 Å². The molecule has 1 aliphatic rings. The van der Waals surface area contributed by atoms with Crippen molar-refractivity contribution >= 4 is 17.7 Å². The number of hydrogen-bond acceptors (Lipinski definition) is 5. The fourth-order valence-corrected chi connectivity index (χ4v) is 2.28. The Kier molecular flexibility index (Phi) is 4.56. The van der Waals surface area contributed by atoms with Crippen LogP contribution in [0.4, 0.5) is 5.69 Å². The molecule has 0 fully saturated rings. The van der Waals surface area contributed by atoms with Crippen molar-refractivity contribution in [1.29, 1.82) is 0 Å². The van der Waals surface area contributed by atoms with Crippen molar-refractivity contribution in [3.63, 3.8) is 0 Å². The van der Waals surface area contributed by atoms with Crippen LogP contribution in [0, 0.1) is 0 Å². The molecule has 0 aliphatic carbocycles. The third-order valence-electron chi connectivity index (χ3n) is 3.50. The highest BCUT2D eigenvalue weighted by atomic mass is 16.7. The van der Waals surface area contributed by atoms with E-state index in [-0.39, 0.29) is 12.7 Å². The Labute approximate surface area is 139 Å². The van der Waals surface area contributed by atoms with Crippen molar-refractivity contribution in [3.05, 3.63) is 48.0 Å². The van der Waals surface area contributed by atoms with Crippen LogP contribution in [0.15, 0.2) is 42.5 Å². The maximum Gasteiger partial charge on any atom is 0.248 e. The van der Waals surface area contributed by atoms with Gasteiger partial charge >= 0.3 is 0 Å². The maximum atomic E-state index is 12.1. The van der Waals surface area contributed by atoms with Gasteiger partial charge in [-0.25, -0.2) is 0 Å². The smallest absolute Gasteiger partial charge is 0.248 e. The number of hydrogen-bond donors (Lipinski definition) is 1. The number of rotatable bonds is 5. The van der Waals surface area contributed by atoms with Gasteiger partial charge in [-0.2, -0.15) is 0 Å². The van der Waals surface area contributed by atoms with Crippen molar-refractivity contribution in [1.82, 2.24) is 0 Å². The van der Waals surface area contributed by atoms with Crippen LogP contribution >= 0.6 is 0 Å². The van der Waals surface area contributed by atoms with E-state index >= 15 is 0 Å². The molecular formula is C18H17NO5. The lowest BCUT2D eigenvalue weighted by Gasteiger charge is -2.07. The van der Waals surface area contributed by atoms with Crippen LogP contribution in [0.2, 0.25) is 0 Å². The SMILES string of the molecule is COc1ccc(/C=C/C(=O)Nc2ccc3c(c2)OCO3)c(OC)c1. The zero-order valence-corrected chi connectivity index (χ0v) is 13.4. The van der Waals surface area contributed by atoms with E-state index in [1.165, 1.54) is 6.08 Å². The molecule has 0 unspecified atom stereocenters. The topological polar surface area (TPSA) is 66.0 Å². The second-order valence-corrected chi connectivity index (χ2v) is 5.00. The summed E-state index contributed by atoms with van der Waals surface area (Å²) in [4.78, 5) is 12.1. The summed E-state index contributed by atoms with van der Waals surface area (Å²) in [5, 5.41) is 2.78. The largest absolute Gasteiger partial charge is 0.497 e. The van der Waals surface area contributed by atoms with E-state index < -0.39 is 0 Å². The summed E-state index contributed by atoms with van der Waals surface area (Å²) >= 11 is 0. The van der Waals surface area contributed by atoms with Crippen LogP contribution < -0.4 is 24.3 Å². The Hall–Kier alpha value is -3.15. The van der Waals surface area contributed by atoms with Crippen LogP contribution in [0.25, 0.3) is 6.08 Å². The average molecular weight is 327 g/mol. The maximum absolute atomic E-state index is 12.1. The standard InChI is InChI=1S/C18H17NO5/c1-21-14-6-3-12(16(10-14)22-2)4-8-18(20)19-13-5-7-15-17(9-13)24-11-23-15/h3-10H,11H2,1-2H3,(H,19,20)/b8-4+. The molecule has 1 amide bonds. The summed E-state index contributed by atoms with van der Waals surface area (Å²) in [6.07, 6.45) is 3.12. The number of ether oxygens (including phenoxy) is 4. The van der Waals surface area contributed by atoms with Crippen LogP contribution in [-0.4, -0.2) is 26.9 Å². The van der Waals surface area contributed by atoms with Crippen LogP contribution in [-0.2, 0) is 4.79 Å². The molecule has 2 aromatic rings. The zero-order valence-electron chi connectivity index (χ0n) is 13.4. The van der Waals surface area contributed by atoms with E-state index in [4.69, 9.17) is 18.9 Å². The molecule has 1 N–H and O–H groups in total. The van der Waals surface area contributed by atoms with Crippen LogP contribution in [0.5, 0.6) is 23.0 Å². The third kappa shape index (κ3) is 3.43. The summed E-state index contributed by atoms with van der Waals surface area (Å²) in [7, 11) is 3.15. The Bertz CT molecular complexity index is 785. The van der Waals surface area contributed by atoms with Crippen LogP contribution in [0.3, 0.4) is 0 Å². The van der Waals surface area contributed by atoms with Crippen molar-refractivity contribution in [3.8, 4) is 23.0 Å². The molecule has 0 spiro atoms. The van der Waals surface area contributed by atoms with Gasteiger partial charge in [0.1, 0.15) is 11.5 Å². The van der Waals surface area contributed by atoms with Gasteiger partial charge in [-0.05, 0) is 30.3 Å². The Balaban J connectivity index is 1.69. The Morgan fingerprint density at radius 3 is 2.71 bits per heavy atom. The number of nitrogens with one attached hydrogen (secondary N) is 1. The Morgan fingerprint density at radius 1 is 1.08 bits per heavy atom. The van der Waals surface area contributed by atoms with Gasteiger partial charge in [0.15, 0.2) is 11.5 Å². The van der Waals surface area contributed by atoms with Gasteiger partial charge in [-0.3, -0.25) is 4.79 Å². The average Bonchev–Trinajstić information content (AvgIpc) is 3.07. The first kappa shape index (κ1) is 15.7. The monoisotopic (exact) mass is 327 g/mol. The highest BCUT2D eigenvalue weighted by Crippen LogP contribution is 2.34. The predicted octanol–water partition coefficient (Wildman–Crippen LogP) is 3.08. The quantitative estimate of drug-likeness (QED) is 0.855. The molecule has 0 saturated carbocycles. The minimum absolute atomic E-state index is 0.198. The van der Waals surface area contributed by atoms with Gasteiger partial charge in [0.25, 0.3) is 0 Å². The fraction of sp³-hybridized carbons (Fsp3) is 0.167. The highest BCUT2D eigenvalue weighted by molar-refractivity contribution is 6.02. The molecule has 6 heteroatoms. The molecule has 124 valence electrons. The van der Waals surface area contributed by atoms with Gasteiger partial charge < -0.3 is 24.3 Å². The lowest BCUT2D eigenvalue weighted by Crippen LogP contribution is -2.07. The lowest BCUT2D eigenvalue weighted by atomic mass is 10.1. The molecule has 0 aromatic heterocycles. The molecule has 0 radical (unpaired) electrons. The molecule has 6 nitrogen and oxygen atoms in total. The first-order chi connectivity index (χ1) is 11.7. The van der Waals surface area contributed by atoms with Gasteiger partial charge in [0.2, 0.25) is 12.7 Å². The normalized spacial score (nSPS) is 12.2. The van der Waals surface area contributed by atoms with Crippen LogP contribution in [0.1, 0.15) is 5.56 Å². The molecule has 0 bridgehead atoms. The minimum atomic E-state index is -0.258. The number of carbonyl (C=O) groups excluding carboxylic acids is 1. The van der Waals surface area contributed by atoms with E-state index in [9.17, 15) is 4.79 Å². The Morgan fingerprint density at radius 2 is 1.92 bits per heavy atom. The van der Waals surface area contributed by atoms with E-state index in [0.717, 1.165) is 5.56 Å². The molecule has 24 heavy (non-hydrogen) atoms. The van der Waals surface area contributed by atoms with E-state index in [1.807, 2.05) is 6.07 Å². The summed E-state index contributed by atoms with van der Waals surface area (Å²) in [6, 6.07) is 10.6. The second kappa shape index (κ2) is 6.95. The van der Waals surface area contributed by atoms with Crippen molar-refractivity contribution in [2.45, 2.75) is 0 Å². The van der Waals surface area contributed by atoms with Gasteiger partial charge in [-0.15, -0.1) is 0 Å². The summed E-state index contributed by atoms with van der Waals surface area (Å²) in [5.41, 5.74) is 1.41. The van der Waals surface area contributed by atoms with Gasteiger partial charge in [-0.1, -0.05) is 0 Å². The molecular weight excluding hydrogens is 310 g/mol. The van der Waals surface area contributed by atoms with Gasteiger partial charge in [0.05, 0.1) is 14.2 Å². The van der Waals surface area contributed by atoms with E-state index in [1.54, 1.807) is 50.6 Å². The molecule has 2 aromatic carbocycles. The molecule has 3 rings (SSSR count). The third-order valence-corrected chi connectivity index (χ3v) is 3.50. The number of anilines is 1. The predicted molar refractivity (Wildman–Crippen MR) is 89.8 cm³/mol. The van der Waals surface area contributed by atoms with E-state index in [2.05, 4.69) is 5.32 Å². The number of fused-ring (bicyclic) bond motifs is 1. The molecule has 0 saturated heterocycles. The van der Waals surface area contributed by atoms with Crippen molar-refractivity contribution < 1.29 is 23.7 Å². The number of methoxy groups -OCH3 is 2. The summed E-state index contributed by atoms with van der Waals surface area (Å²) < 4.78 is 21.0. The first-order valence-electron chi connectivity index (χ1n) is 7.30. The minimum Gasteiger partial charge on any atom is -0.497 e.